The molecule has 0 saturated carbocycles. The second-order valence-corrected chi connectivity index (χ2v) is 4.01. The maximum absolute atomic E-state index is 9.71. The van der Waals surface area contributed by atoms with Crippen molar-refractivity contribution in [3.05, 3.63) is 35.4 Å². The molecule has 0 unspecified atom stereocenters. The lowest BCUT2D eigenvalue weighted by Crippen LogP contribution is -2.15. The normalized spacial score (nSPS) is 11.7. The number of aliphatic hydroxyl groups is 1. The standard InChI is InChI=1S/C12H18O/c1-4-5-10-6-8-11(9-7-10)12(2,3)13/h6-9,13H,4-5H2,1-3H3. The summed E-state index contributed by atoms with van der Waals surface area (Å²) >= 11 is 0. The summed E-state index contributed by atoms with van der Waals surface area (Å²) in [5.74, 6) is 0. The lowest BCUT2D eigenvalue weighted by molar-refractivity contribution is 0.0786. The number of hydrogen-bond acceptors (Lipinski definition) is 1. The number of hydrogen-bond donors (Lipinski definition) is 1. The summed E-state index contributed by atoms with van der Waals surface area (Å²) in [4.78, 5) is 0. The molecule has 1 N–H and O–H groups in total. The Morgan fingerprint density at radius 1 is 1.15 bits per heavy atom. The van der Waals surface area contributed by atoms with Gasteiger partial charge in [-0.2, -0.15) is 0 Å². The zero-order chi connectivity index (χ0) is 9.90. The lowest BCUT2D eigenvalue weighted by Gasteiger charge is -2.17. The molecule has 0 saturated heterocycles. The molecule has 0 spiro atoms. The van der Waals surface area contributed by atoms with E-state index in [2.05, 4.69) is 19.1 Å². The van der Waals surface area contributed by atoms with Crippen LogP contribution in [0, 0.1) is 0 Å². The molecule has 1 rings (SSSR count). The number of aryl methyl sites for hydroxylation is 1. The van der Waals surface area contributed by atoms with Crippen molar-refractivity contribution < 1.29 is 5.11 Å². The Hall–Kier alpha value is -0.820. The fourth-order valence-corrected chi connectivity index (χ4v) is 1.37. The first kappa shape index (κ1) is 10.3. The fourth-order valence-electron chi connectivity index (χ4n) is 1.37. The highest BCUT2D eigenvalue weighted by molar-refractivity contribution is 5.26. The smallest absolute Gasteiger partial charge is 0.0840 e. The molecular weight excluding hydrogens is 160 g/mol. The van der Waals surface area contributed by atoms with Gasteiger partial charge in [0.25, 0.3) is 0 Å². The Morgan fingerprint density at radius 3 is 2.08 bits per heavy atom. The van der Waals surface area contributed by atoms with E-state index < -0.39 is 5.60 Å². The second kappa shape index (κ2) is 3.93. The highest BCUT2D eigenvalue weighted by atomic mass is 16.3. The van der Waals surface area contributed by atoms with E-state index in [1.807, 2.05) is 26.0 Å². The van der Waals surface area contributed by atoms with Crippen LogP contribution in [0.25, 0.3) is 0 Å². The Morgan fingerprint density at radius 2 is 1.69 bits per heavy atom. The molecular formula is C12H18O. The Bertz CT molecular complexity index is 253. The minimum atomic E-state index is -0.718. The summed E-state index contributed by atoms with van der Waals surface area (Å²) in [7, 11) is 0. The lowest BCUT2D eigenvalue weighted by atomic mass is 9.96. The van der Waals surface area contributed by atoms with Crippen LogP contribution in [0.4, 0.5) is 0 Å². The summed E-state index contributed by atoms with van der Waals surface area (Å²) in [6.45, 7) is 5.79. The molecule has 72 valence electrons. The van der Waals surface area contributed by atoms with Crippen molar-refractivity contribution in [2.24, 2.45) is 0 Å². The fraction of sp³-hybridized carbons (Fsp3) is 0.500. The maximum Gasteiger partial charge on any atom is 0.0840 e. The Kier molecular flexibility index (Phi) is 3.10. The van der Waals surface area contributed by atoms with Crippen LogP contribution in [-0.2, 0) is 12.0 Å². The van der Waals surface area contributed by atoms with E-state index in [4.69, 9.17) is 0 Å². The van der Waals surface area contributed by atoms with Crippen LogP contribution in [0.2, 0.25) is 0 Å². The van der Waals surface area contributed by atoms with Gasteiger partial charge in [-0.1, -0.05) is 37.6 Å². The zero-order valence-corrected chi connectivity index (χ0v) is 8.67. The zero-order valence-electron chi connectivity index (χ0n) is 8.67. The predicted octanol–water partition coefficient (Wildman–Crippen LogP) is 2.87. The first-order chi connectivity index (χ1) is 6.04. The van der Waals surface area contributed by atoms with Gasteiger partial charge in [-0.15, -0.1) is 0 Å². The molecule has 1 heteroatoms. The van der Waals surface area contributed by atoms with Gasteiger partial charge >= 0.3 is 0 Å². The van der Waals surface area contributed by atoms with E-state index >= 15 is 0 Å². The molecule has 1 aromatic rings. The number of benzene rings is 1. The van der Waals surface area contributed by atoms with Crippen LogP contribution in [0.5, 0.6) is 0 Å². The van der Waals surface area contributed by atoms with E-state index in [1.165, 1.54) is 12.0 Å². The SMILES string of the molecule is CCCc1ccc(C(C)(C)O)cc1. The predicted molar refractivity (Wildman–Crippen MR) is 55.7 cm³/mol. The molecule has 0 atom stereocenters. The summed E-state index contributed by atoms with van der Waals surface area (Å²) in [5.41, 5.74) is 1.60. The summed E-state index contributed by atoms with van der Waals surface area (Å²) in [6.07, 6.45) is 2.29. The highest BCUT2D eigenvalue weighted by Gasteiger charge is 2.14. The van der Waals surface area contributed by atoms with E-state index in [-0.39, 0.29) is 0 Å². The minimum Gasteiger partial charge on any atom is -0.386 e. The number of rotatable bonds is 3. The van der Waals surface area contributed by atoms with Crippen molar-refractivity contribution in [1.82, 2.24) is 0 Å². The van der Waals surface area contributed by atoms with Crippen LogP contribution < -0.4 is 0 Å². The van der Waals surface area contributed by atoms with Crippen molar-refractivity contribution >= 4 is 0 Å². The van der Waals surface area contributed by atoms with Gasteiger partial charge in [-0.25, -0.2) is 0 Å². The summed E-state index contributed by atoms with van der Waals surface area (Å²) in [5, 5.41) is 9.71. The van der Waals surface area contributed by atoms with Gasteiger partial charge in [0.2, 0.25) is 0 Å². The maximum atomic E-state index is 9.71. The van der Waals surface area contributed by atoms with Crippen LogP contribution in [0.15, 0.2) is 24.3 Å². The molecule has 0 amide bonds. The largest absolute Gasteiger partial charge is 0.386 e. The van der Waals surface area contributed by atoms with Crippen LogP contribution >= 0.6 is 0 Å². The van der Waals surface area contributed by atoms with Gasteiger partial charge in [0, 0.05) is 0 Å². The van der Waals surface area contributed by atoms with Crippen molar-refractivity contribution in [2.45, 2.75) is 39.2 Å². The second-order valence-electron chi connectivity index (χ2n) is 4.01. The molecule has 0 fully saturated rings. The Labute approximate surface area is 80.4 Å². The quantitative estimate of drug-likeness (QED) is 0.754. The molecule has 1 aromatic carbocycles. The van der Waals surface area contributed by atoms with E-state index in [0.717, 1.165) is 12.0 Å². The Balaban J connectivity index is 2.81. The first-order valence-electron chi connectivity index (χ1n) is 4.86. The van der Waals surface area contributed by atoms with Gasteiger partial charge in [0.05, 0.1) is 5.60 Å². The van der Waals surface area contributed by atoms with Crippen molar-refractivity contribution in [1.29, 1.82) is 0 Å². The molecule has 0 aromatic heterocycles. The van der Waals surface area contributed by atoms with Crippen molar-refractivity contribution in [2.75, 3.05) is 0 Å². The van der Waals surface area contributed by atoms with E-state index in [0.29, 0.717) is 0 Å². The topological polar surface area (TPSA) is 20.2 Å². The monoisotopic (exact) mass is 178 g/mol. The van der Waals surface area contributed by atoms with E-state index in [1.54, 1.807) is 0 Å². The van der Waals surface area contributed by atoms with Crippen LogP contribution in [0.3, 0.4) is 0 Å². The third-order valence-electron chi connectivity index (χ3n) is 2.20. The van der Waals surface area contributed by atoms with Gasteiger partial charge in [0.15, 0.2) is 0 Å². The third-order valence-corrected chi connectivity index (χ3v) is 2.20. The molecule has 0 radical (unpaired) electrons. The molecule has 13 heavy (non-hydrogen) atoms. The van der Waals surface area contributed by atoms with Gasteiger partial charge in [-0.05, 0) is 31.4 Å². The third kappa shape index (κ3) is 2.85. The van der Waals surface area contributed by atoms with Gasteiger partial charge in [-0.3, -0.25) is 0 Å². The molecule has 0 bridgehead atoms. The molecule has 0 heterocycles. The molecule has 0 aliphatic rings. The van der Waals surface area contributed by atoms with Crippen molar-refractivity contribution in [3.8, 4) is 0 Å². The van der Waals surface area contributed by atoms with Gasteiger partial charge < -0.3 is 5.11 Å². The summed E-state index contributed by atoms with van der Waals surface area (Å²) < 4.78 is 0. The molecule has 0 aliphatic carbocycles. The van der Waals surface area contributed by atoms with E-state index in [9.17, 15) is 5.11 Å². The molecule has 0 aliphatic heterocycles. The highest BCUT2D eigenvalue weighted by Crippen LogP contribution is 2.19. The van der Waals surface area contributed by atoms with Gasteiger partial charge in [0.1, 0.15) is 0 Å². The van der Waals surface area contributed by atoms with Crippen molar-refractivity contribution in [3.63, 3.8) is 0 Å². The molecule has 1 nitrogen and oxygen atoms in total. The first-order valence-corrected chi connectivity index (χ1v) is 4.86. The average molecular weight is 178 g/mol. The minimum absolute atomic E-state index is 0.718. The van der Waals surface area contributed by atoms with Crippen LogP contribution in [-0.4, -0.2) is 5.11 Å². The average Bonchev–Trinajstić information content (AvgIpc) is 2.04. The summed E-state index contributed by atoms with van der Waals surface area (Å²) in [6, 6.07) is 8.20. The van der Waals surface area contributed by atoms with Crippen LogP contribution in [0.1, 0.15) is 38.3 Å².